The number of hydrogen-bond acceptors (Lipinski definition) is 2. The number of hydrogen-bond donors (Lipinski definition) is 1. The maximum absolute atomic E-state index is 4.23. The zero-order chi connectivity index (χ0) is 13.0. The molecule has 4 unspecified atom stereocenters. The van der Waals surface area contributed by atoms with E-state index in [1.165, 1.54) is 58.0 Å². The molecule has 3 rings (SSSR count). The van der Waals surface area contributed by atoms with Crippen LogP contribution in [0.25, 0.3) is 0 Å². The molecular weight excluding hydrogens is 238 g/mol. The Labute approximate surface area is 119 Å². The van der Waals surface area contributed by atoms with Gasteiger partial charge in [0.2, 0.25) is 0 Å². The molecule has 0 aromatic rings. The fourth-order valence-electron chi connectivity index (χ4n) is 3.70. The lowest BCUT2D eigenvalue weighted by Crippen LogP contribution is -2.13. The van der Waals surface area contributed by atoms with Crippen LogP contribution in [0.3, 0.4) is 0 Å². The van der Waals surface area contributed by atoms with E-state index in [2.05, 4.69) is 31.4 Å². The zero-order valence-electron chi connectivity index (χ0n) is 12.3. The van der Waals surface area contributed by atoms with Gasteiger partial charge in [-0.05, 0) is 55.6 Å². The molecule has 1 heterocycles. The molecule has 0 N–H and O–H groups in total. The lowest BCUT2D eigenvalue weighted by atomic mass is 10.0. The first-order valence-corrected chi connectivity index (χ1v) is 8.67. The van der Waals surface area contributed by atoms with Gasteiger partial charge >= 0.3 is 0 Å². The van der Waals surface area contributed by atoms with Crippen molar-refractivity contribution in [3.05, 3.63) is 0 Å². The molecule has 0 bridgehead atoms. The van der Waals surface area contributed by atoms with Crippen LogP contribution >= 0.6 is 12.6 Å². The molecule has 2 heteroatoms. The second-order valence-corrected chi connectivity index (χ2v) is 7.35. The predicted octanol–water partition coefficient (Wildman–Crippen LogP) is 4.23. The van der Waals surface area contributed by atoms with E-state index < -0.39 is 0 Å². The van der Waals surface area contributed by atoms with Gasteiger partial charge in [-0.15, -0.1) is 0 Å². The summed E-state index contributed by atoms with van der Waals surface area (Å²) in [6.07, 6.45) is 10.1. The highest BCUT2D eigenvalue weighted by molar-refractivity contribution is 7.80. The molecule has 2 aliphatic carbocycles. The normalized spacial score (nSPS) is 39.5. The molecule has 1 nitrogen and oxygen atoms in total. The molecular formula is C16H31NS. The van der Waals surface area contributed by atoms with Crippen molar-refractivity contribution >= 4 is 12.6 Å². The summed E-state index contributed by atoms with van der Waals surface area (Å²) >= 11 is 4.23. The minimum atomic E-state index is 0.986. The van der Waals surface area contributed by atoms with Gasteiger partial charge in [0.05, 0.1) is 0 Å². The molecule has 1 saturated heterocycles. The van der Waals surface area contributed by atoms with Crippen LogP contribution in [-0.4, -0.2) is 29.8 Å². The van der Waals surface area contributed by atoms with Crippen LogP contribution in [0, 0.1) is 17.8 Å². The van der Waals surface area contributed by atoms with Crippen LogP contribution < -0.4 is 0 Å². The second kappa shape index (κ2) is 7.19. The highest BCUT2D eigenvalue weighted by Gasteiger charge is 2.32. The molecule has 0 radical (unpaired) electrons. The molecule has 3 fully saturated rings. The molecule has 106 valence electrons. The van der Waals surface area contributed by atoms with Crippen molar-refractivity contribution in [3.63, 3.8) is 0 Å². The van der Waals surface area contributed by atoms with Crippen LogP contribution in [-0.2, 0) is 0 Å². The lowest BCUT2D eigenvalue weighted by Gasteiger charge is -2.08. The van der Waals surface area contributed by atoms with Crippen molar-refractivity contribution in [1.82, 2.24) is 4.90 Å². The Morgan fingerprint density at radius 3 is 2.06 bits per heavy atom. The molecule has 1 aliphatic heterocycles. The Hall–Kier alpha value is 0.310. The van der Waals surface area contributed by atoms with E-state index in [1.807, 2.05) is 0 Å². The first-order chi connectivity index (χ1) is 8.69. The fraction of sp³-hybridized carbons (Fsp3) is 1.00. The van der Waals surface area contributed by atoms with Crippen molar-refractivity contribution in [3.8, 4) is 0 Å². The topological polar surface area (TPSA) is 3.01 Å². The minimum absolute atomic E-state index is 0.986. The van der Waals surface area contributed by atoms with Crippen molar-refractivity contribution in [1.29, 1.82) is 0 Å². The van der Waals surface area contributed by atoms with E-state index in [1.54, 1.807) is 0 Å². The molecule has 0 amide bonds. The predicted molar refractivity (Wildman–Crippen MR) is 83.4 cm³/mol. The van der Waals surface area contributed by atoms with Gasteiger partial charge in [-0.3, -0.25) is 4.90 Å². The molecule has 18 heavy (non-hydrogen) atoms. The van der Waals surface area contributed by atoms with E-state index in [0.717, 1.165) is 29.5 Å². The third kappa shape index (κ3) is 4.77. The van der Waals surface area contributed by atoms with Crippen LogP contribution in [0.2, 0.25) is 0 Å². The molecule has 0 aromatic carbocycles. The summed E-state index contributed by atoms with van der Waals surface area (Å²) in [5.74, 6) is 4.10. The smallest absolute Gasteiger partial charge is 0.0113 e. The average molecular weight is 269 g/mol. The summed E-state index contributed by atoms with van der Waals surface area (Å²) in [5, 5.41) is 0. The quantitative estimate of drug-likeness (QED) is 0.592. The molecule has 3 aliphatic rings. The van der Waals surface area contributed by atoms with Crippen LogP contribution in [0.1, 0.15) is 58.8 Å². The Kier molecular flexibility index (Phi) is 5.88. The summed E-state index contributed by atoms with van der Waals surface area (Å²) < 4.78 is 0. The van der Waals surface area contributed by atoms with Gasteiger partial charge < -0.3 is 0 Å². The summed E-state index contributed by atoms with van der Waals surface area (Å²) in [6.45, 7) is 7.51. The monoisotopic (exact) mass is 269 g/mol. The standard InChI is InChI=1S/C8H15N.C8H16S/c1-7-2-3-8(6-7)9-4-5-9;1-7-2-3-8(6-7)4-5-9/h7-8H,2-6H2,1H3;7-9H,2-6H2,1H3. The summed E-state index contributed by atoms with van der Waals surface area (Å²) in [6, 6.07) is 0.986. The molecule has 2 saturated carbocycles. The average Bonchev–Trinajstić information content (AvgIpc) is 2.98. The van der Waals surface area contributed by atoms with Gasteiger partial charge in [0.25, 0.3) is 0 Å². The molecule has 0 spiro atoms. The van der Waals surface area contributed by atoms with Crippen molar-refractivity contribution in [2.45, 2.75) is 64.8 Å². The summed E-state index contributed by atoms with van der Waals surface area (Å²) in [4.78, 5) is 2.60. The van der Waals surface area contributed by atoms with Crippen molar-refractivity contribution in [2.75, 3.05) is 18.8 Å². The van der Waals surface area contributed by atoms with Crippen LogP contribution in [0.4, 0.5) is 0 Å². The van der Waals surface area contributed by atoms with Gasteiger partial charge in [-0.2, -0.15) is 12.6 Å². The third-order valence-electron chi connectivity index (χ3n) is 5.01. The van der Waals surface area contributed by atoms with Gasteiger partial charge in [-0.25, -0.2) is 0 Å². The molecule has 0 aromatic heterocycles. The lowest BCUT2D eigenvalue weighted by molar-refractivity contribution is 0.396. The Morgan fingerprint density at radius 1 is 0.944 bits per heavy atom. The zero-order valence-corrected chi connectivity index (χ0v) is 13.2. The van der Waals surface area contributed by atoms with Gasteiger partial charge in [0.15, 0.2) is 0 Å². The number of rotatable bonds is 3. The van der Waals surface area contributed by atoms with E-state index in [4.69, 9.17) is 0 Å². The highest BCUT2D eigenvalue weighted by atomic mass is 32.1. The minimum Gasteiger partial charge on any atom is -0.298 e. The SMILES string of the molecule is CC1CCC(CCS)C1.CC1CCC(N2CC2)C1. The number of nitrogens with zero attached hydrogens (tertiary/aromatic N) is 1. The third-order valence-corrected chi connectivity index (χ3v) is 5.26. The summed E-state index contributed by atoms with van der Waals surface area (Å²) in [5.41, 5.74) is 0. The number of thiol groups is 1. The van der Waals surface area contributed by atoms with E-state index >= 15 is 0 Å². The van der Waals surface area contributed by atoms with Crippen LogP contribution in [0.5, 0.6) is 0 Å². The first-order valence-electron chi connectivity index (χ1n) is 8.04. The van der Waals surface area contributed by atoms with Gasteiger partial charge in [-0.1, -0.05) is 26.7 Å². The summed E-state index contributed by atoms with van der Waals surface area (Å²) in [7, 11) is 0. The Bertz CT molecular complexity index is 237. The van der Waals surface area contributed by atoms with E-state index in [-0.39, 0.29) is 0 Å². The van der Waals surface area contributed by atoms with Gasteiger partial charge in [0.1, 0.15) is 0 Å². The molecule has 4 atom stereocenters. The highest BCUT2D eigenvalue weighted by Crippen LogP contribution is 2.32. The van der Waals surface area contributed by atoms with E-state index in [0.29, 0.717) is 0 Å². The largest absolute Gasteiger partial charge is 0.298 e. The maximum atomic E-state index is 4.23. The maximum Gasteiger partial charge on any atom is 0.0113 e. The van der Waals surface area contributed by atoms with Crippen molar-refractivity contribution < 1.29 is 0 Å². The fourth-order valence-corrected chi connectivity index (χ4v) is 4.07. The van der Waals surface area contributed by atoms with E-state index in [9.17, 15) is 0 Å². The first kappa shape index (κ1) is 14.7. The van der Waals surface area contributed by atoms with Gasteiger partial charge in [0, 0.05) is 19.1 Å². The second-order valence-electron chi connectivity index (χ2n) is 6.90. The van der Waals surface area contributed by atoms with Crippen LogP contribution in [0.15, 0.2) is 0 Å². The Morgan fingerprint density at radius 2 is 1.61 bits per heavy atom. The van der Waals surface area contributed by atoms with Crippen molar-refractivity contribution in [2.24, 2.45) is 17.8 Å². The Balaban J connectivity index is 0.000000134.